The zero-order valence-electron chi connectivity index (χ0n) is 30.5. The molecule has 2 amide bonds. The number of aromatic amines is 2. The van der Waals surface area contributed by atoms with E-state index in [0.29, 0.717) is 0 Å². The molecule has 10 nitrogen and oxygen atoms in total. The Labute approximate surface area is 296 Å². The number of likely N-dealkylation sites (N-methyl/N-ethyl adjacent to an activating group) is 2. The first kappa shape index (κ1) is 35.5. The number of likely N-dealkylation sites (tertiary alicyclic amines) is 2. The predicted molar refractivity (Wildman–Crippen MR) is 199 cm³/mol. The van der Waals surface area contributed by atoms with Crippen LogP contribution >= 0.6 is 0 Å². The van der Waals surface area contributed by atoms with E-state index in [0.717, 1.165) is 96.9 Å². The number of rotatable bonds is 13. The molecule has 6 atom stereocenters. The monoisotopic (exact) mass is 678 g/mol. The van der Waals surface area contributed by atoms with E-state index in [4.69, 9.17) is 9.97 Å². The number of nitrogens with zero attached hydrogens (tertiary/aromatic N) is 4. The lowest BCUT2D eigenvalue weighted by Crippen LogP contribution is -2.48. The van der Waals surface area contributed by atoms with Gasteiger partial charge < -0.3 is 30.4 Å². The molecule has 2 fully saturated rings. The molecule has 10 heteroatoms. The minimum absolute atomic E-state index is 0.0279. The van der Waals surface area contributed by atoms with Gasteiger partial charge in [-0.1, -0.05) is 89.1 Å². The lowest BCUT2D eigenvalue weighted by Gasteiger charge is -2.30. The summed E-state index contributed by atoms with van der Waals surface area (Å²) >= 11 is 0. The smallest absolute Gasteiger partial charge is 0.240 e. The van der Waals surface area contributed by atoms with E-state index in [1.807, 2.05) is 36.3 Å². The molecule has 0 saturated carbocycles. The van der Waals surface area contributed by atoms with Crippen molar-refractivity contribution in [3.8, 4) is 33.6 Å². The number of hydrogen-bond donors (Lipinski definition) is 4. The van der Waals surface area contributed by atoms with Gasteiger partial charge in [0.15, 0.2) is 0 Å². The number of aromatic nitrogens is 4. The molecule has 0 bridgehead atoms. The van der Waals surface area contributed by atoms with Gasteiger partial charge in [0.2, 0.25) is 11.8 Å². The van der Waals surface area contributed by atoms with Crippen LogP contribution in [0.2, 0.25) is 0 Å². The van der Waals surface area contributed by atoms with Crippen molar-refractivity contribution in [2.45, 2.75) is 90.4 Å². The quantitative estimate of drug-likeness (QED) is 0.124. The Hall–Kier alpha value is -4.28. The van der Waals surface area contributed by atoms with Gasteiger partial charge in [0, 0.05) is 13.1 Å². The lowest BCUT2D eigenvalue weighted by molar-refractivity contribution is -0.136. The van der Waals surface area contributed by atoms with Crippen molar-refractivity contribution in [2.24, 2.45) is 11.8 Å². The summed E-state index contributed by atoms with van der Waals surface area (Å²) in [6, 6.07) is 16.6. The summed E-state index contributed by atoms with van der Waals surface area (Å²) < 4.78 is 0. The highest BCUT2D eigenvalue weighted by Crippen LogP contribution is 2.35. The molecule has 2 saturated heterocycles. The second kappa shape index (κ2) is 15.7. The highest BCUT2D eigenvalue weighted by molar-refractivity contribution is 5.83. The van der Waals surface area contributed by atoms with Gasteiger partial charge in [-0.25, -0.2) is 9.97 Å². The molecule has 2 aromatic heterocycles. The first-order valence-corrected chi connectivity index (χ1v) is 18.5. The number of H-pyrrole nitrogens is 2. The predicted octanol–water partition coefficient (Wildman–Crippen LogP) is 6.73. The van der Waals surface area contributed by atoms with Gasteiger partial charge in [0.25, 0.3) is 0 Å². The van der Waals surface area contributed by atoms with Crippen LogP contribution in [-0.2, 0) is 9.59 Å². The fourth-order valence-corrected chi connectivity index (χ4v) is 7.75. The molecule has 2 aliphatic rings. The van der Waals surface area contributed by atoms with Crippen LogP contribution < -0.4 is 10.6 Å². The highest BCUT2D eigenvalue weighted by atomic mass is 16.2. The van der Waals surface area contributed by atoms with Crippen LogP contribution in [0.3, 0.4) is 0 Å². The number of imidazole rings is 2. The van der Waals surface area contributed by atoms with Crippen molar-refractivity contribution >= 4 is 11.8 Å². The Bertz CT molecular complexity index is 1600. The van der Waals surface area contributed by atoms with Crippen molar-refractivity contribution in [1.82, 2.24) is 40.4 Å². The number of benzene rings is 2. The molecular formula is C40H54N8O2. The van der Waals surface area contributed by atoms with Crippen molar-refractivity contribution in [1.29, 1.82) is 0 Å². The van der Waals surface area contributed by atoms with Crippen LogP contribution in [0.1, 0.15) is 90.0 Å². The molecular weight excluding hydrogens is 624 g/mol. The zero-order valence-corrected chi connectivity index (χ0v) is 30.5. The Balaban J connectivity index is 1.11. The first-order valence-electron chi connectivity index (χ1n) is 18.5. The van der Waals surface area contributed by atoms with Crippen molar-refractivity contribution in [3.63, 3.8) is 0 Å². The minimum Gasteiger partial charge on any atom is -0.340 e. The summed E-state index contributed by atoms with van der Waals surface area (Å²) in [4.78, 5) is 47.5. The Morgan fingerprint density at radius 3 is 1.38 bits per heavy atom. The number of carbonyl (C=O) groups is 2. The van der Waals surface area contributed by atoms with Crippen LogP contribution in [0.5, 0.6) is 0 Å². The molecule has 0 radical (unpaired) electrons. The maximum absolute atomic E-state index is 13.5. The molecule has 4 N–H and O–H groups in total. The summed E-state index contributed by atoms with van der Waals surface area (Å²) in [6.45, 7) is 10.0. The molecule has 6 rings (SSSR count). The van der Waals surface area contributed by atoms with Crippen LogP contribution in [0.4, 0.5) is 0 Å². The van der Waals surface area contributed by atoms with Gasteiger partial charge in [0.1, 0.15) is 11.6 Å². The van der Waals surface area contributed by atoms with E-state index in [2.05, 4.69) is 96.8 Å². The number of hydrogen-bond acceptors (Lipinski definition) is 6. The lowest BCUT2D eigenvalue weighted by atomic mass is 9.97. The van der Waals surface area contributed by atoms with E-state index in [1.165, 1.54) is 0 Å². The first-order chi connectivity index (χ1) is 24.3. The third-order valence-electron chi connectivity index (χ3n) is 11.2. The van der Waals surface area contributed by atoms with E-state index in [1.54, 1.807) is 0 Å². The standard InChI is InChI=1S/C40H54N8O2/c1-7-25(3)35(41-5)39(49)47-21-9-11-33(47)37-43-23-31(45-37)29-17-13-27(14-18-29)28-15-19-30(20-16-28)32-24-44-38(46-32)34-12-10-22-48(34)40(50)36(42-6)26(4)8-2/h13-20,23-26,33-36,41-42H,7-12,21-22H2,1-6H3,(H,43,45)(H,44,46)/t25-,26-,33-,34-,35?,36?/m0/s1. The maximum Gasteiger partial charge on any atom is 0.240 e. The van der Waals surface area contributed by atoms with E-state index >= 15 is 0 Å². The van der Waals surface area contributed by atoms with E-state index in [9.17, 15) is 9.59 Å². The second-order valence-corrected chi connectivity index (χ2v) is 14.2. The normalized spacial score (nSPS) is 20.2. The van der Waals surface area contributed by atoms with E-state index in [-0.39, 0.29) is 47.8 Å². The van der Waals surface area contributed by atoms with Crippen molar-refractivity contribution in [3.05, 3.63) is 72.6 Å². The summed E-state index contributed by atoms with van der Waals surface area (Å²) in [5, 5.41) is 6.50. The summed E-state index contributed by atoms with van der Waals surface area (Å²) in [5.41, 5.74) is 6.27. The highest BCUT2D eigenvalue weighted by Gasteiger charge is 2.38. The molecule has 0 spiro atoms. The SMILES string of the molecule is CC[C@H](C)C(NC)C(=O)N1CCC[C@H]1c1ncc(-c2ccc(-c3ccc(-c4cnc([C@@H]5CCCN5C(=O)C(NC)[C@@H](C)CC)[nH]4)cc3)cc2)[nH]1. The largest absolute Gasteiger partial charge is 0.340 e. The number of nitrogens with one attached hydrogen (secondary N) is 4. The fourth-order valence-electron chi connectivity index (χ4n) is 7.75. The molecule has 2 unspecified atom stereocenters. The summed E-state index contributed by atoms with van der Waals surface area (Å²) in [6.07, 6.45) is 9.46. The number of carbonyl (C=O) groups excluding carboxylic acids is 2. The van der Waals surface area contributed by atoms with Gasteiger partial charge in [0.05, 0.1) is 47.9 Å². The second-order valence-electron chi connectivity index (χ2n) is 14.2. The average Bonchev–Trinajstić information content (AvgIpc) is 3.98. The van der Waals surface area contributed by atoms with Gasteiger partial charge in [-0.3, -0.25) is 9.59 Å². The minimum atomic E-state index is -0.181. The number of amides is 2. The molecule has 2 aliphatic heterocycles. The molecule has 266 valence electrons. The van der Waals surface area contributed by atoms with Gasteiger partial charge in [-0.15, -0.1) is 0 Å². The third-order valence-corrected chi connectivity index (χ3v) is 11.2. The molecule has 4 aromatic rings. The van der Waals surface area contributed by atoms with Gasteiger partial charge in [-0.2, -0.15) is 0 Å². The van der Waals surface area contributed by atoms with Crippen LogP contribution in [0.15, 0.2) is 60.9 Å². The topological polar surface area (TPSA) is 122 Å². The Kier molecular flexibility index (Phi) is 11.2. The molecule has 0 aliphatic carbocycles. The maximum atomic E-state index is 13.5. The van der Waals surface area contributed by atoms with Crippen molar-refractivity contribution < 1.29 is 9.59 Å². The van der Waals surface area contributed by atoms with Gasteiger partial charge >= 0.3 is 0 Å². The van der Waals surface area contributed by atoms with E-state index < -0.39 is 0 Å². The molecule has 4 heterocycles. The zero-order chi connectivity index (χ0) is 35.4. The molecule has 50 heavy (non-hydrogen) atoms. The molecule has 2 aromatic carbocycles. The Morgan fingerprint density at radius 1 is 0.680 bits per heavy atom. The van der Waals surface area contributed by atoms with Gasteiger partial charge in [-0.05, 0) is 73.9 Å². The van der Waals surface area contributed by atoms with Crippen LogP contribution in [0, 0.1) is 11.8 Å². The fraction of sp³-hybridized carbons (Fsp3) is 0.500. The summed E-state index contributed by atoms with van der Waals surface area (Å²) in [5.74, 6) is 2.58. The summed E-state index contributed by atoms with van der Waals surface area (Å²) in [7, 11) is 3.75. The Morgan fingerprint density at radius 2 is 1.04 bits per heavy atom. The van der Waals surface area contributed by atoms with Crippen molar-refractivity contribution in [2.75, 3.05) is 27.2 Å². The van der Waals surface area contributed by atoms with Crippen LogP contribution in [0.25, 0.3) is 33.6 Å². The average molecular weight is 679 g/mol. The third kappa shape index (κ3) is 7.14. The van der Waals surface area contributed by atoms with Crippen LogP contribution in [-0.4, -0.2) is 80.8 Å².